The van der Waals surface area contributed by atoms with Gasteiger partial charge in [0.25, 0.3) is 0 Å². The molecule has 8 aromatic rings. The molecule has 3 nitrogen and oxygen atoms in total. The predicted molar refractivity (Wildman–Crippen MR) is 181 cm³/mol. The van der Waals surface area contributed by atoms with Crippen LogP contribution in [-0.4, -0.2) is 9.55 Å². The van der Waals surface area contributed by atoms with E-state index in [1.165, 1.54) is 27.5 Å². The zero-order chi connectivity index (χ0) is 28.8. The van der Waals surface area contributed by atoms with Crippen molar-refractivity contribution >= 4 is 49.8 Å². The molecule has 8 rings (SSSR count). The van der Waals surface area contributed by atoms with E-state index in [4.69, 9.17) is 9.40 Å². The molecular weight excluding hydrogens is 524 g/mol. The zero-order valence-electron chi connectivity index (χ0n) is 23.7. The average Bonchev–Trinajstić information content (AvgIpc) is 3.61. The van der Waals surface area contributed by atoms with Gasteiger partial charge < -0.3 is 4.42 Å². The smallest absolute Gasteiger partial charge is 0.137 e. The van der Waals surface area contributed by atoms with Gasteiger partial charge in [-0.1, -0.05) is 103 Å². The first-order valence-electron chi connectivity index (χ1n) is 14.6. The topological polar surface area (TPSA) is 31.0 Å². The molecule has 0 aliphatic rings. The maximum Gasteiger partial charge on any atom is 0.137 e. The van der Waals surface area contributed by atoms with E-state index in [-0.39, 0.29) is 0 Å². The van der Waals surface area contributed by atoms with Crippen LogP contribution in [0.15, 0.2) is 150 Å². The van der Waals surface area contributed by atoms with E-state index >= 15 is 0 Å². The molecule has 204 valence electrons. The van der Waals surface area contributed by atoms with Crippen LogP contribution in [-0.2, 0) is 0 Å². The molecule has 0 atom stereocenters. The molecule has 0 amide bonds. The Balaban J connectivity index is 1.14. The fourth-order valence-corrected chi connectivity index (χ4v) is 6.15. The van der Waals surface area contributed by atoms with Crippen molar-refractivity contribution < 1.29 is 4.42 Å². The van der Waals surface area contributed by atoms with Crippen molar-refractivity contribution in [1.82, 2.24) is 9.55 Å². The van der Waals surface area contributed by atoms with E-state index in [0.717, 1.165) is 49.9 Å². The van der Waals surface area contributed by atoms with Crippen molar-refractivity contribution in [1.29, 1.82) is 0 Å². The molecule has 3 heterocycles. The summed E-state index contributed by atoms with van der Waals surface area (Å²) in [7, 11) is 0. The first-order valence-corrected chi connectivity index (χ1v) is 14.6. The number of benzene rings is 5. The minimum atomic E-state index is 0.904. The fourth-order valence-electron chi connectivity index (χ4n) is 6.15. The van der Waals surface area contributed by atoms with E-state index in [9.17, 15) is 0 Å². The van der Waals surface area contributed by atoms with Crippen molar-refractivity contribution in [3.8, 4) is 28.1 Å². The number of furan rings is 1. The normalized spacial score (nSPS) is 12.1. The molecule has 0 saturated heterocycles. The molecule has 5 aromatic carbocycles. The molecule has 0 unspecified atom stereocenters. The SMILES string of the molecule is C/C=C\C=C/c1cccc2c1c1ccccc1n2-c1ccc(-c2ccc(-c3ccc4oc5ccccc5c4c3)cc2)cn1. The van der Waals surface area contributed by atoms with Gasteiger partial charge in [0.1, 0.15) is 17.0 Å². The van der Waals surface area contributed by atoms with Gasteiger partial charge in [-0.25, -0.2) is 4.98 Å². The Bertz CT molecular complexity index is 2330. The minimum Gasteiger partial charge on any atom is -0.456 e. The lowest BCUT2D eigenvalue weighted by molar-refractivity contribution is 0.669. The predicted octanol–water partition coefficient (Wildman–Crippen LogP) is 11.0. The second-order valence-electron chi connectivity index (χ2n) is 10.8. The van der Waals surface area contributed by atoms with Gasteiger partial charge >= 0.3 is 0 Å². The van der Waals surface area contributed by atoms with E-state index in [0.29, 0.717) is 0 Å². The first-order chi connectivity index (χ1) is 21.3. The molecule has 0 saturated carbocycles. The van der Waals surface area contributed by atoms with Crippen LogP contribution >= 0.6 is 0 Å². The molecule has 0 bridgehead atoms. The maximum absolute atomic E-state index is 6.02. The van der Waals surface area contributed by atoms with Crippen LogP contribution < -0.4 is 0 Å². The highest BCUT2D eigenvalue weighted by atomic mass is 16.3. The Hall–Kier alpha value is -5.67. The zero-order valence-corrected chi connectivity index (χ0v) is 23.7. The van der Waals surface area contributed by atoms with Gasteiger partial charge in [-0.05, 0) is 71.6 Å². The Morgan fingerprint density at radius 3 is 2.09 bits per heavy atom. The summed E-state index contributed by atoms with van der Waals surface area (Å²) in [6.45, 7) is 2.03. The molecule has 0 N–H and O–H groups in total. The third kappa shape index (κ3) is 4.25. The number of para-hydroxylation sites is 2. The summed E-state index contributed by atoms with van der Waals surface area (Å²) in [6.07, 6.45) is 10.3. The van der Waals surface area contributed by atoms with Crippen LogP contribution in [0.3, 0.4) is 0 Å². The minimum absolute atomic E-state index is 0.904. The molecule has 3 heteroatoms. The molecule has 43 heavy (non-hydrogen) atoms. The van der Waals surface area contributed by atoms with Crippen LogP contribution in [0.2, 0.25) is 0 Å². The largest absolute Gasteiger partial charge is 0.456 e. The lowest BCUT2D eigenvalue weighted by atomic mass is 10.00. The summed E-state index contributed by atoms with van der Waals surface area (Å²) < 4.78 is 8.28. The molecular formula is C40H28N2O. The average molecular weight is 553 g/mol. The molecule has 0 aliphatic heterocycles. The summed E-state index contributed by atoms with van der Waals surface area (Å²) in [5.74, 6) is 0.904. The highest BCUT2D eigenvalue weighted by Crippen LogP contribution is 2.36. The highest BCUT2D eigenvalue weighted by molar-refractivity contribution is 6.12. The maximum atomic E-state index is 6.02. The van der Waals surface area contributed by atoms with Gasteiger partial charge in [-0.3, -0.25) is 4.57 Å². The number of aromatic nitrogens is 2. The summed E-state index contributed by atoms with van der Waals surface area (Å²) in [5, 5.41) is 4.75. The number of nitrogens with zero attached hydrogens (tertiary/aromatic N) is 2. The number of rotatable bonds is 5. The first kappa shape index (κ1) is 25.1. The summed E-state index contributed by atoms with van der Waals surface area (Å²) in [6, 6.07) is 42.7. The van der Waals surface area contributed by atoms with Crippen molar-refractivity contribution in [3.05, 3.63) is 151 Å². The number of fused-ring (bicyclic) bond motifs is 6. The Kier molecular flexibility index (Phi) is 6.01. The monoisotopic (exact) mass is 552 g/mol. The van der Waals surface area contributed by atoms with Crippen LogP contribution in [0.1, 0.15) is 12.5 Å². The Labute approximate surface area is 249 Å². The molecule has 0 radical (unpaired) electrons. The van der Waals surface area contributed by atoms with Gasteiger partial charge in [0.05, 0.1) is 11.0 Å². The van der Waals surface area contributed by atoms with Gasteiger partial charge in [0.2, 0.25) is 0 Å². The van der Waals surface area contributed by atoms with Gasteiger partial charge in [-0.2, -0.15) is 0 Å². The third-order valence-electron chi connectivity index (χ3n) is 8.21. The standard InChI is InChI=1S/C40H28N2O/c1-2-3-4-10-29-11-9-15-36-40(29)33-13-5-7-14-35(33)42(36)39-24-22-31(26-41-39)28-19-17-27(18-20-28)30-21-23-38-34(25-30)32-12-6-8-16-37(32)43-38/h2-26H,1H3/b3-2-,10-4-. The van der Waals surface area contributed by atoms with Crippen LogP contribution in [0.4, 0.5) is 0 Å². The van der Waals surface area contributed by atoms with Crippen molar-refractivity contribution in [2.24, 2.45) is 0 Å². The number of hydrogen-bond donors (Lipinski definition) is 0. The Morgan fingerprint density at radius 1 is 0.581 bits per heavy atom. The van der Waals surface area contributed by atoms with E-state index in [2.05, 4.69) is 132 Å². The summed E-state index contributed by atoms with van der Waals surface area (Å²) in [4.78, 5) is 4.96. The second-order valence-corrected chi connectivity index (χ2v) is 10.8. The second kappa shape index (κ2) is 10.3. The van der Waals surface area contributed by atoms with E-state index < -0.39 is 0 Å². The third-order valence-corrected chi connectivity index (χ3v) is 8.21. The van der Waals surface area contributed by atoms with Crippen LogP contribution in [0.25, 0.3) is 77.9 Å². The fraction of sp³-hybridized carbons (Fsp3) is 0.0250. The molecule has 0 aliphatic carbocycles. The lowest BCUT2D eigenvalue weighted by Crippen LogP contribution is -1.97. The number of pyridine rings is 1. The Morgan fingerprint density at radius 2 is 1.28 bits per heavy atom. The quantitative estimate of drug-likeness (QED) is 0.199. The molecule has 3 aromatic heterocycles. The highest BCUT2D eigenvalue weighted by Gasteiger charge is 2.15. The van der Waals surface area contributed by atoms with Crippen molar-refractivity contribution in [2.75, 3.05) is 0 Å². The molecule has 0 fully saturated rings. The number of allylic oxidation sites excluding steroid dienone is 3. The van der Waals surface area contributed by atoms with E-state index in [1.54, 1.807) is 0 Å². The summed E-state index contributed by atoms with van der Waals surface area (Å²) >= 11 is 0. The van der Waals surface area contributed by atoms with Gasteiger partial charge in [0, 0.05) is 33.3 Å². The summed E-state index contributed by atoms with van der Waals surface area (Å²) in [5.41, 5.74) is 9.89. The van der Waals surface area contributed by atoms with E-state index in [1.807, 2.05) is 31.3 Å². The van der Waals surface area contributed by atoms with Crippen LogP contribution in [0.5, 0.6) is 0 Å². The van der Waals surface area contributed by atoms with Crippen molar-refractivity contribution in [3.63, 3.8) is 0 Å². The number of hydrogen-bond acceptors (Lipinski definition) is 2. The van der Waals surface area contributed by atoms with Gasteiger partial charge in [-0.15, -0.1) is 0 Å². The van der Waals surface area contributed by atoms with Crippen LogP contribution in [0, 0.1) is 0 Å². The van der Waals surface area contributed by atoms with Crippen molar-refractivity contribution in [2.45, 2.75) is 6.92 Å². The molecule has 0 spiro atoms. The van der Waals surface area contributed by atoms with Gasteiger partial charge in [0.15, 0.2) is 0 Å². The lowest BCUT2D eigenvalue weighted by Gasteiger charge is -2.09.